The molecule has 0 aliphatic heterocycles. The van der Waals surface area contributed by atoms with E-state index in [4.69, 9.17) is 0 Å². The second-order valence-electron chi connectivity index (χ2n) is 8.30. The van der Waals surface area contributed by atoms with Gasteiger partial charge >= 0.3 is 0 Å². The molecule has 126 valence electrons. The predicted octanol–water partition coefficient (Wildman–Crippen LogP) is 6.63. The number of benzene rings is 1. The molecule has 0 spiro atoms. The van der Waals surface area contributed by atoms with Crippen LogP contribution in [0.3, 0.4) is 0 Å². The van der Waals surface area contributed by atoms with Crippen LogP contribution in [-0.2, 0) is 10.8 Å². The second-order valence-corrected chi connectivity index (χ2v) is 8.30. The fraction of sp³-hybridized carbons (Fsp3) is 0.417. The highest BCUT2D eigenvalue weighted by atomic mass is 14.4. The topological polar surface area (TPSA) is 0 Å². The van der Waals surface area contributed by atoms with Gasteiger partial charge in [0, 0.05) is 10.8 Å². The maximum absolute atomic E-state index is 2.41. The summed E-state index contributed by atoms with van der Waals surface area (Å²) in [6.45, 7) is 13.8. The number of hydrogen-bond acceptors (Lipinski definition) is 0. The van der Waals surface area contributed by atoms with Crippen LogP contribution in [0.1, 0.15) is 62.8 Å². The summed E-state index contributed by atoms with van der Waals surface area (Å²) in [7, 11) is 0. The molecule has 0 saturated carbocycles. The summed E-state index contributed by atoms with van der Waals surface area (Å²) in [5, 5.41) is 0. The van der Waals surface area contributed by atoms with Gasteiger partial charge in [-0.15, -0.1) is 0 Å². The maximum Gasteiger partial charge on any atom is 0.0149 e. The predicted molar refractivity (Wildman–Crippen MR) is 106 cm³/mol. The van der Waals surface area contributed by atoms with E-state index >= 15 is 0 Å². The Labute approximate surface area is 147 Å². The molecule has 0 nitrogen and oxygen atoms in total. The molecule has 2 aliphatic carbocycles. The van der Waals surface area contributed by atoms with Gasteiger partial charge in [-0.2, -0.15) is 0 Å². The first-order valence-corrected chi connectivity index (χ1v) is 9.07. The first-order chi connectivity index (χ1) is 11.3. The molecular formula is C24H30. The van der Waals surface area contributed by atoms with Gasteiger partial charge < -0.3 is 0 Å². The summed E-state index contributed by atoms with van der Waals surface area (Å²) in [6.07, 6.45) is 16.2. The van der Waals surface area contributed by atoms with Crippen LogP contribution in [-0.4, -0.2) is 0 Å². The van der Waals surface area contributed by atoms with Gasteiger partial charge in [0.2, 0.25) is 0 Å². The van der Waals surface area contributed by atoms with Crippen LogP contribution < -0.4 is 0 Å². The summed E-state index contributed by atoms with van der Waals surface area (Å²) >= 11 is 0. The average Bonchev–Trinajstić information content (AvgIpc) is 2.52. The SMILES string of the molecule is CC1=CCC(C)(c2ccc(C)c(C)c2C2(C)C=CC=C(C)C2)C=C1. The Morgan fingerprint density at radius 2 is 1.67 bits per heavy atom. The fourth-order valence-electron chi connectivity index (χ4n) is 4.35. The minimum Gasteiger partial charge on any atom is -0.0804 e. The molecule has 1 aromatic carbocycles. The van der Waals surface area contributed by atoms with E-state index in [1.165, 1.54) is 33.4 Å². The zero-order chi connectivity index (χ0) is 17.5. The molecule has 2 atom stereocenters. The van der Waals surface area contributed by atoms with E-state index in [2.05, 4.69) is 90.1 Å². The van der Waals surface area contributed by atoms with Crippen LogP contribution in [0.2, 0.25) is 0 Å². The van der Waals surface area contributed by atoms with E-state index < -0.39 is 0 Å². The van der Waals surface area contributed by atoms with E-state index in [0.717, 1.165) is 12.8 Å². The van der Waals surface area contributed by atoms with Crippen molar-refractivity contribution in [3.63, 3.8) is 0 Å². The van der Waals surface area contributed by atoms with Gasteiger partial charge in [-0.25, -0.2) is 0 Å². The van der Waals surface area contributed by atoms with Crippen LogP contribution in [0, 0.1) is 13.8 Å². The van der Waals surface area contributed by atoms with E-state index in [1.54, 1.807) is 0 Å². The lowest BCUT2D eigenvalue weighted by molar-refractivity contribution is 0.529. The van der Waals surface area contributed by atoms with Gasteiger partial charge in [0.1, 0.15) is 0 Å². The van der Waals surface area contributed by atoms with E-state index in [-0.39, 0.29) is 10.8 Å². The van der Waals surface area contributed by atoms with Crippen molar-refractivity contribution in [2.45, 2.75) is 65.2 Å². The molecule has 24 heavy (non-hydrogen) atoms. The fourth-order valence-corrected chi connectivity index (χ4v) is 4.35. The number of aryl methyl sites for hydroxylation is 1. The van der Waals surface area contributed by atoms with Crippen molar-refractivity contribution in [1.82, 2.24) is 0 Å². The number of rotatable bonds is 2. The molecule has 0 saturated heterocycles. The lowest BCUT2D eigenvalue weighted by Gasteiger charge is -2.39. The third-order valence-electron chi connectivity index (χ3n) is 5.98. The van der Waals surface area contributed by atoms with Gasteiger partial charge in [-0.05, 0) is 62.8 Å². The molecule has 3 rings (SSSR count). The monoisotopic (exact) mass is 318 g/mol. The summed E-state index contributed by atoms with van der Waals surface area (Å²) in [5.74, 6) is 0. The van der Waals surface area contributed by atoms with Gasteiger partial charge in [-0.3, -0.25) is 0 Å². The smallest absolute Gasteiger partial charge is 0.0149 e. The molecule has 2 aliphatic rings. The Bertz CT molecular complexity index is 785. The summed E-state index contributed by atoms with van der Waals surface area (Å²) in [5.41, 5.74) is 8.88. The van der Waals surface area contributed by atoms with Crippen LogP contribution >= 0.6 is 0 Å². The summed E-state index contributed by atoms with van der Waals surface area (Å²) < 4.78 is 0. The first-order valence-electron chi connectivity index (χ1n) is 9.07. The molecule has 0 N–H and O–H groups in total. The molecule has 0 radical (unpaired) electrons. The van der Waals surface area contributed by atoms with Crippen molar-refractivity contribution in [3.8, 4) is 0 Å². The summed E-state index contributed by atoms with van der Waals surface area (Å²) in [4.78, 5) is 0. The lowest BCUT2D eigenvalue weighted by Crippen LogP contribution is -2.30. The Morgan fingerprint density at radius 3 is 2.29 bits per heavy atom. The second kappa shape index (κ2) is 5.92. The van der Waals surface area contributed by atoms with Crippen LogP contribution in [0.25, 0.3) is 0 Å². The molecular weight excluding hydrogens is 288 g/mol. The van der Waals surface area contributed by atoms with Crippen molar-refractivity contribution in [1.29, 1.82) is 0 Å². The van der Waals surface area contributed by atoms with E-state index in [9.17, 15) is 0 Å². The van der Waals surface area contributed by atoms with Gasteiger partial charge in [0.15, 0.2) is 0 Å². The van der Waals surface area contributed by atoms with Gasteiger partial charge in [-0.1, -0.05) is 73.6 Å². The van der Waals surface area contributed by atoms with Crippen molar-refractivity contribution >= 4 is 0 Å². The largest absolute Gasteiger partial charge is 0.0804 e. The Morgan fingerprint density at radius 1 is 0.917 bits per heavy atom. The standard InChI is InChI=1S/C24H30/c1-17-11-14-23(5,15-12-17)21-10-9-19(3)20(4)22(21)24(6)13-7-8-18(2)16-24/h7-14H,15-16H2,1-6H3. The van der Waals surface area contributed by atoms with Crippen molar-refractivity contribution in [3.05, 3.63) is 82.0 Å². The molecule has 2 unspecified atom stereocenters. The highest BCUT2D eigenvalue weighted by molar-refractivity contribution is 5.54. The van der Waals surface area contributed by atoms with Crippen molar-refractivity contribution in [2.75, 3.05) is 0 Å². The third kappa shape index (κ3) is 2.83. The number of allylic oxidation sites excluding steroid dienone is 8. The zero-order valence-electron chi connectivity index (χ0n) is 16.0. The molecule has 0 bridgehead atoms. The average molecular weight is 319 g/mol. The third-order valence-corrected chi connectivity index (χ3v) is 5.98. The Kier molecular flexibility index (Phi) is 4.20. The van der Waals surface area contributed by atoms with Gasteiger partial charge in [0.25, 0.3) is 0 Å². The highest BCUT2D eigenvalue weighted by Gasteiger charge is 2.36. The van der Waals surface area contributed by atoms with Crippen molar-refractivity contribution in [2.24, 2.45) is 0 Å². The first kappa shape index (κ1) is 17.0. The Balaban J connectivity index is 2.20. The molecule has 0 amide bonds. The molecule has 0 heterocycles. The normalized spacial score (nSPS) is 29.4. The minimum absolute atomic E-state index is 0.0807. The van der Waals surface area contributed by atoms with Crippen LogP contribution in [0.15, 0.2) is 59.7 Å². The molecule has 0 fully saturated rings. The number of hydrogen-bond donors (Lipinski definition) is 0. The van der Waals surface area contributed by atoms with E-state index in [1.807, 2.05) is 0 Å². The van der Waals surface area contributed by atoms with Crippen LogP contribution in [0.5, 0.6) is 0 Å². The molecule has 0 heteroatoms. The quantitative estimate of drug-likeness (QED) is 0.574. The Hall–Kier alpha value is -1.82. The lowest BCUT2D eigenvalue weighted by atomic mass is 9.65. The highest BCUT2D eigenvalue weighted by Crippen LogP contribution is 2.45. The van der Waals surface area contributed by atoms with E-state index in [0.29, 0.717) is 0 Å². The zero-order valence-corrected chi connectivity index (χ0v) is 16.0. The van der Waals surface area contributed by atoms with Crippen LogP contribution in [0.4, 0.5) is 0 Å². The molecule has 0 aromatic heterocycles. The van der Waals surface area contributed by atoms with Crippen molar-refractivity contribution < 1.29 is 0 Å². The summed E-state index contributed by atoms with van der Waals surface area (Å²) in [6, 6.07) is 4.68. The maximum atomic E-state index is 2.41. The van der Waals surface area contributed by atoms with Gasteiger partial charge in [0.05, 0.1) is 0 Å². The minimum atomic E-state index is 0.0807. The molecule has 1 aromatic rings.